The average Bonchev–Trinajstić information content (AvgIpc) is 2.82. The summed E-state index contributed by atoms with van der Waals surface area (Å²) in [5, 5.41) is 20.5. The highest BCUT2D eigenvalue weighted by Gasteiger charge is 2.08. The summed E-state index contributed by atoms with van der Waals surface area (Å²) in [6, 6.07) is 11.4. The van der Waals surface area contributed by atoms with Crippen LogP contribution in [0.1, 0.15) is 45.2 Å². The molecule has 2 rings (SSSR count). The molecule has 0 saturated heterocycles. The fourth-order valence-corrected chi connectivity index (χ4v) is 3.58. The summed E-state index contributed by atoms with van der Waals surface area (Å²) >= 11 is 0. The number of benzene rings is 2. The molecular formula is C25H40N4O4. The number of hydroxylamine groups is 2. The highest BCUT2D eigenvalue weighted by Crippen LogP contribution is 2.25. The molecule has 2 aromatic carbocycles. The van der Waals surface area contributed by atoms with Crippen molar-refractivity contribution in [3.8, 4) is 11.5 Å². The van der Waals surface area contributed by atoms with E-state index >= 15 is 0 Å². The lowest BCUT2D eigenvalue weighted by Gasteiger charge is -2.21. The van der Waals surface area contributed by atoms with Gasteiger partial charge >= 0.3 is 0 Å². The SMILES string of the molecule is CCN(CC)c1ccc(CNOCCCONCc2ccc(N(CC)CC)cc2O)c(O)c1. The van der Waals surface area contributed by atoms with E-state index in [4.69, 9.17) is 9.68 Å². The lowest BCUT2D eigenvalue weighted by Crippen LogP contribution is -2.22. The molecule has 0 aliphatic carbocycles. The second-order valence-corrected chi connectivity index (χ2v) is 7.66. The summed E-state index contributed by atoms with van der Waals surface area (Å²) in [4.78, 5) is 15.2. The largest absolute Gasteiger partial charge is 0.508 e. The molecule has 8 nitrogen and oxygen atoms in total. The molecule has 0 fully saturated rings. The number of aromatic hydroxyl groups is 2. The van der Waals surface area contributed by atoms with E-state index in [9.17, 15) is 10.2 Å². The maximum absolute atomic E-state index is 10.2. The van der Waals surface area contributed by atoms with E-state index in [0.29, 0.717) is 32.7 Å². The second kappa shape index (κ2) is 14.6. The fraction of sp³-hybridized carbons (Fsp3) is 0.520. The van der Waals surface area contributed by atoms with Crippen molar-refractivity contribution >= 4 is 11.4 Å². The summed E-state index contributed by atoms with van der Waals surface area (Å²) in [6.07, 6.45) is 0.694. The summed E-state index contributed by atoms with van der Waals surface area (Å²) in [5.41, 5.74) is 9.36. The lowest BCUT2D eigenvalue weighted by atomic mass is 10.1. The predicted octanol–water partition coefficient (Wildman–Crippen LogP) is 3.92. The number of hydrogen-bond acceptors (Lipinski definition) is 8. The van der Waals surface area contributed by atoms with Crippen molar-refractivity contribution in [3.63, 3.8) is 0 Å². The van der Waals surface area contributed by atoms with Crippen LogP contribution in [0.2, 0.25) is 0 Å². The monoisotopic (exact) mass is 460 g/mol. The van der Waals surface area contributed by atoms with E-state index in [-0.39, 0.29) is 11.5 Å². The molecule has 0 saturated carbocycles. The van der Waals surface area contributed by atoms with Crippen LogP contribution in [0.25, 0.3) is 0 Å². The Hall–Kier alpha value is -2.52. The van der Waals surface area contributed by atoms with Crippen LogP contribution in [-0.4, -0.2) is 49.6 Å². The summed E-state index contributed by atoms with van der Waals surface area (Å²) < 4.78 is 0. The van der Waals surface area contributed by atoms with Gasteiger partial charge in [0.25, 0.3) is 0 Å². The van der Waals surface area contributed by atoms with Crippen molar-refractivity contribution in [1.82, 2.24) is 11.0 Å². The number of nitrogens with zero attached hydrogens (tertiary/aromatic N) is 2. The number of anilines is 2. The summed E-state index contributed by atoms with van der Waals surface area (Å²) in [5.74, 6) is 0.521. The Morgan fingerprint density at radius 1 is 0.667 bits per heavy atom. The van der Waals surface area contributed by atoms with Crippen molar-refractivity contribution < 1.29 is 19.9 Å². The number of hydrogen-bond donors (Lipinski definition) is 4. The van der Waals surface area contributed by atoms with Gasteiger partial charge in [-0.25, -0.2) is 0 Å². The van der Waals surface area contributed by atoms with Gasteiger partial charge in [0.1, 0.15) is 11.5 Å². The first-order valence-corrected chi connectivity index (χ1v) is 11.9. The minimum absolute atomic E-state index is 0.261. The van der Waals surface area contributed by atoms with Crippen molar-refractivity contribution in [1.29, 1.82) is 0 Å². The summed E-state index contributed by atoms with van der Waals surface area (Å²) in [6.45, 7) is 13.8. The number of rotatable bonds is 16. The van der Waals surface area contributed by atoms with Crippen LogP contribution in [0.5, 0.6) is 11.5 Å². The molecule has 0 aliphatic heterocycles. The van der Waals surface area contributed by atoms with Gasteiger partial charge in [-0.3, -0.25) is 0 Å². The van der Waals surface area contributed by atoms with Crippen LogP contribution in [0.4, 0.5) is 11.4 Å². The van der Waals surface area contributed by atoms with Crippen LogP contribution in [0, 0.1) is 0 Å². The van der Waals surface area contributed by atoms with E-state index in [2.05, 4.69) is 48.5 Å². The molecular weight excluding hydrogens is 420 g/mol. The van der Waals surface area contributed by atoms with Crippen LogP contribution in [0.3, 0.4) is 0 Å². The highest BCUT2D eigenvalue weighted by atomic mass is 16.7. The van der Waals surface area contributed by atoms with Crippen LogP contribution < -0.4 is 20.8 Å². The van der Waals surface area contributed by atoms with Gasteiger partial charge in [0.15, 0.2) is 0 Å². The minimum atomic E-state index is 0.261. The Kier molecular flexibility index (Phi) is 11.8. The zero-order chi connectivity index (χ0) is 24.1. The van der Waals surface area contributed by atoms with E-state index in [1.54, 1.807) is 12.1 Å². The Bertz CT molecular complexity index is 759. The molecule has 0 aliphatic rings. The van der Waals surface area contributed by atoms with Crippen molar-refractivity contribution in [2.45, 2.75) is 47.2 Å². The van der Waals surface area contributed by atoms with E-state index < -0.39 is 0 Å². The topological polar surface area (TPSA) is 89.5 Å². The molecule has 0 bridgehead atoms. The first kappa shape index (κ1) is 26.7. The second-order valence-electron chi connectivity index (χ2n) is 7.66. The first-order valence-electron chi connectivity index (χ1n) is 11.9. The van der Waals surface area contributed by atoms with Gasteiger partial charge in [-0.1, -0.05) is 12.1 Å². The van der Waals surface area contributed by atoms with Gasteiger partial charge in [0, 0.05) is 73.9 Å². The van der Waals surface area contributed by atoms with Crippen LogP contribution in [-0.2, 0) is 22.8 Å². The Morgan fingerprint density at radius 3 is 1.39 bits per heavy atom. The third kappa shape index (κ3) is 8.40. The van der Waals surface area contributed by atoms with E-state index in [1.807, 2.05) is 24.3 Å². The Balaban J connectivity index is 1.59. The van der Waals surface area contributed by atoms with Crippen LogP contribution >= 0.6 is 0 Å². The van der Waals surface area contributed by atoms with Gasteiger partial charge in [-0.15, -0.1) is 0 Å². The third-order valence-electron chi connectivity index (χ3n) is 5.62. The molecule has 8 heteroatoms. The standard InChI is InChI=1S/C25H40N4O4/c1-5-28(6-2)22-12-10-20(24(30)16-22)18-26-32-14-9-15-33-27-19-21-11-13-23(17-25(21)31)29(7-3)8-4/h10-13,16-17,26-27,30-31H,5-9,14-15,18-19H2,1-4H3. The molecule has 0 atom stereocenters. The molecule has 0 aromatic heterocycles. The zero-order valence-corrected chi connectivity index (χ0v) is 20.4. The smallest absolute Gasteiger partial charge is 0.122 e. The van der Waals surface area contributed by atoms with Crippen molar-refractivity contribution in [2.75, 3.05) is 49.2 Å². The molecule has 4 N–H and O–H groups in total. The van der Waals surface area contributed by atoms with E-state index in [0.717, 1.165) is 48.7 Å². The normalized spacial score (nSPS) is 11.0. The Morgan fingerprint density at radius 2 is 1.06 bits per heavy atom. The molecule has 184 valence electrons. The van der Waals surface area contributed by atoms with Gasteiger partial charge in [-0.05, 0) is 46.2 Å². The van der Waals surface area contributed by atoms with Gasteiger partial charge in [0.05, 0.1) is 13.2 Å². The molecule has 0 radical (unpaired) electrons. The molecule has 0 amide bonds. The maximum atomic E-state index is 10.2. The minimum Gasteiger partial charge on any atom is -0.508 e. The average molecular weight is 461 g/mol. The fourth-order valence-electron chi connectivity index (χ4n) is 3.58. The maximum Gasteiger partial charge on any atom is 0.122 e. The molecule has 0 unspecified atom stereocenters. The number of nitrogens with one attached hydrogen (secondary N) is 2. The molecule has 0 heterocycles. The number of phenols is 2. The molecule has 33 heavy (non-hydrogen) atoms. The first-order chi connectivity index (χ1) is 16.0. The molecule has 2 aromatic rings. The third-order valence-corrected chi connectivity index (χ3v) is 5.62. The van der Waals surface area contributed by atoms with Crippen LogP contribution in [0.15, 0.2) is 36.4 Å². The van der Waals surface area contributed by atoms with Gasteiger partial charge < -0.3 is 29.7 Å². The van der Waals surface area contributed by atoms with Gasteiger partial charge in [0.2, 0.25) is 0 Å². The zero-order valence-electron chi connectivity index (χ0n) is 20.4. The highest BCUT2D eigenvalue weighted by molar-refractivity contribution is 5.54. The van der Waals surface area contributed by atoms with Gasteiger partial charge in [-0.2, -0.15) is 11.0 Å². The predicted molar refractivity (Wildman–Crippen MR) is 134 cm³/mol. The summed E-state index contributed by atoms with van der Waals surface area (Å²) in [7, 11) is 0. The lowest BCUT2D eigenvalue weighted by molar-refractivity contribution is -0.00589. The number of phenolic OH excluding ortho intramolecular Hbond substituents is 2. The Labute approximate surface area is 198 Å². The van der Waals surface area contributed by atoms with Crippen molar-refractivity contribution in [3.05, 3.63) is 47.5 Å². The van der Waals surface area contributed by atoms with E-state index in [1.165, 1.54) is 0 Å². The quantitative estimate of drug-likeness (QED) is 0.221. The van der Waals surface area contributed by atoms with Crippen molar-refractivity contribution in [2.24, 2.45) is 0 Å². The molecule has 0 spiro atoms.